The van der Waals surface area contributed by atoms with E-state index in [1.54, 1.807) is 25.2 Å². The zero-order valence-electron chi connectivity index (χ0n) is 11.4. The number of nitrogens with zero attached hydrogens (tertiary/aromatic N) is 2. The highest BCUT2D eigenvalue weighted by Gasteiger charge is 2.16. The molecule has 2 rings (SSSR count). The molecule has 1 aromatic carbocycles. The maximum absolute atomic E-state index is 10.8. The Bertz CT molecular complexity index is 749. The van der Waals surface area contributed by atoms with E-state index >= 15 is 0 Å². The molecule has 110 valence electrons. The van der Waals surface area contributed by atoms with Crippen LogP contribution in [0, 0.1) is 6.92 Å². The molecule has 0 aliphatic rings. The fourth-order valence-corrected chi connectivity index (χ4v) is 2.81. The Labute approximate surface area is 137 Å². The maximum atomic E-state index is 10.8. The van der Waals surface area contributed by atoms with E-state index in [4.69, 9.17) is 40.5 Å². The normalized spacial score (nSPS) is 10.7. The molecule has 2 aromatic rings. The number of thiocarbonyl (C=S) groups is 1. The Morgan fingerprint density at radius 1 is 1.38 bits per heavy atom. The van der Waals surface area contributed by atoms with Crippen LogP contribution in [0.25, 0.3) is 10.9 Å². The van der Waals surface area contributed by atoms with Gasteiger partial charge in [0.15, 0.2) is 0 Å². The topological polar surface area (TPSA) is 53.4 Å². The molecule has 0 saturated carbocycles. The second-order valence-corrected chi connectivity index (χ2v) is 5.88. The van der Waals surface area contributed by atoms with Crippen molar-refractivity contribution in [3.63, 3.8) is 0 Å². The largest absolute Gasteiger partial charge is 0.480 e. The Balaban J connectivity index is 2.62. The number of carboxylic acid groups (broad SMARTS) is 1. The molecule has 0 atom stereocenters. The number of benzene rings is 1. The summed E-state index contributed by atoms with van der Waals surface area (Å²) in [7, 11) is 1.63. The van der Waals surface area contributed by atoms with E-state index in [-0.39, 0.29) is 6.54 Å². The number of likely N-dealkylation sites (N-methyl/N-ethyl adjacent to an activating group) is 1. The molecule has 0 unspecified atom stereocenters. The first kappa shape index (κ1) is 15.9. The minimum Gasteiger partial charge on any atom is -0.480 e. The van der Waals surface area contributed by atoms with E-state index in [1.807, 2.05) is 6.92 Å². The SMILES string of the molecule is Cc1cc(C(=S)N(C)CC(=O)O)c2cc(Cl)cc(Cl)c2n1. The predicted molar refractivity (Wildman–Crippen MR) is 88.5 cm³/mol. The number of pyridine rings is 1. The summed E-state index contributed by atoms with van der Waals surface area (Å²) in [5, 5.41) is 10.5. The molecular weight excluding hydrogens is 331 g/mol. The number of carboxylic acids is 1. The van der Waals surface area contributed by atoms with Crippen LogP contribution < -0.4 is 0 Å². The Morgan fingerprint density at radius 2 is 2.05 bits per heavy atom. The maximum Gasteiger partial charge on any atom is 0.323 e. The van der Waals surface area contributed by atoms with Crippen molar-refractivity contribution in [3.05, 3.63) is 39.5 Å². The van der Waals surface area contributed by atoms with Crippen LogP contribution in [0.5, 0.6) is 0 Å². The highest BCUT2D eigenvalue weighted by molar-refractivity contribution is 7.80. The molecule has 1 heterocycles. The molecule has 0 amide bonds. The fraction of sp³-hybridized carbons (Fsp3) is 0.214. The van der Waals surface area contributed by atoms with Crippen molar-refractivity contribution < 1.29 is 9.90 Å². The van der Waals surface area contributed by atoms with Gasteiger partial charge in [0, 0.05) is 28.7 Å². The van der Waals surface area contributed by atoms with E-state index in [0.717, 1.165) is 5.69 Å². The van der Waals surface area contributed by atoms with Gasteiger partial charge in [-0.25, -0.2) is 0 Å². The van der Waals surface area contributed by atoms with E-state index in [0.29, 0.717) is 31.5 Å². The molecule has 1 N–H and O–H groups in total. The quantitative estimate of drug-likeness (QED) is 0.864. The number of halogens is 2. The van der Waals surface area contributed by atoms with Crippen LogP contribution in [0.15, 0.2) is 18.2 Å². The molecule has 1 aromatic heterocycles. The van der Waals surface area contributed by atoms with Gasteiger partial charge in [-0.3, -0.25) is 9.78 Å². The van der Waals surface area contributed by atoms with Gasteiger partial charge in [-0.1, -0.05) is 35.4 Å². The van der Waals surface area contributed by atoms with Crippen LogP contribution in [0.1, 0.15) is 11.3 Å². The van der Waals surface area contributed by atoms with Gasteiger partial charge in [-0.05, 0) is 25.1 Å². The van der Waals surface area contributed by atoms with Crippen LogP contribution in [0.4, 0.5) is 0 Å². The zero-order valence-corrected chi connectivity index (χ0v) is 13.7. The monoisotopic (exact) mass is 342 g/mol. The van der Waals surface area contributed by atoms with Crippen molar-refractivity contribution in [1.82, 2.24) is 9.88 Å². The van der Waals surface area contributed by atoms with Crippen LogP contribution in [-0.4, -0.2) is 39.5 Å². The third kappa shape index (κ3) is 3.43. The molecule has 4 nitrogen and oxygen atoms in total. The summed E-state index contributed by atoms with van der Waals surface area (Å²) in [4.78, 5) is 17.1. The standard InChI is InChI=1S/C14H12Cl2N2O2S/c1-7-3-10(14(21)18(2)6-12(19)20)9-4-8(15)5-11(16)13(9)17-7/h3-5H,6H2,1-2H3,(H,19,20). The smallest absolute Gasteiger partial charge is 0.323 e. The van der Waals surface area contributed by atoms with Crippen molar-refractivity contribution in [2.45, 2.75) is 6.92 Å². The summed E-state index contributed by atoms with van der Waals surface area (Å²) in [6, 6.07) is 5.15. The first-order valence-corrected chi connectivity index (χ1v) is 7.19. The Hall–Kier alpha value is -1.43. The molecule has 7 heteroatoms. The van der Waals surface area contributed by atoms with E-state index in [1.165, 1.54) is 4.90 Å². The fourth-order valence-electron chi connectivity index (χ4n) is 2.04. The molecule has 0 radical (unpaired) electrons. The van der Waals surface area contributed by atoms with Gasteiger partial charge in [-0.2, -0.15) is 0 Å². The third-order valence-electron chi connectivity index (χ3n) is 2.91. The van der Waals surface area contributed by atoms with Crippen molar-refractivity contribution in [3.8, 4) is 0 Å². The van der Waals surface area contributed by atoms with E-state index in [2.05, 4.69) is 4.98 Å². The highest BCUT2D eigenvalue weighted by Crippen LogP contribution is 2.30. The van der Waals surface area contributed by atoms with Gasteiger partial charge in [0.1, 0.15) is 11.5 Å². The molecule has 0 fully saturated rings. The minimum atomic E-state index is -0.953. The van der Waals surface area contributed by atoms with Crippen LogP contribution >= 0.6 is 35.4 Å². The van der Waals surface area contributed by atoms with Gasteiger partial charge in [0.05, 0.1) is 10.5 Å². The molecular formula is C14H12Cl2N2O2S. The van der Waals surface area contributed by atoms with Crippen LogP contribution in [0.3, 0.4) is 0 Å². The number of aromatic nitrogens is 1. The number of hydrogen-bond acceptors (Lipinski definition) is 3. The number of rotatable bonds is 3. The van der Waals surface area contributed by atoms with Gasteiger partial charge < -0.3 is 10.0 Å². The summed E-state index contributed by atoms with van der Waals surface area (Å²) < 4.78 is 0. The summed E-state index contributed by atoms with van der Waals surface area (Å²) in [6.07, 6.45) is 0. The van der Waals surface area contributed by atoms with Crippen molar-refractivity contribution in [2.24, 2.45) is 0 Å². The lowest BCUT2D eigenvalue weighted by Crippen LogP contribution is -2.31. The average molecular weight is 343 g/mol. The average Bonchev–Trinajstić information content (AvgIpc) is 2.37. The Kier molecular flexibility index (Phi) is 4.66. The number of fused-ring (bicyclic) bond motifs is 1. The lowest BCUT2D eigenvalue weighted by atomic mass is 10.1. The van der Waals surface area contributed by atoms with Gasteiger partial charge in [-0.15, -0.1) is 0 Å². The molecule has 0 saturated heterocycles. The number of aliphatic carboxylic acids is 1. The minimum absolute atomic E-state index is 0.185. The highest BCUT2D eigenvalue weighted by atomic mass is 35.5. The summed E-state index contributed by atoms with van der Waals surface area (Å²) in [6.45, 7) is 1.64. The predicted octanol–water partition coefficient (Wildman–Crippen LogP) is 3.54. The van der Waals surface area contributed by atoms with Crippen molar-refractivity contribution in [1.29, 1.82) is 0 Å². The second-order valence-electron chi connectivity index (χ2n) is 4.65. The molecule has 0 bridgehead atoms. The van der Waals surface area contributed by atoms with Crippen LogP contribution in [0.2, 0.25) is 10.0 Å². The molecule has 21 heavy (non-hydrogen) atoms. The summed E-state index contributed by atoms with van der Waals surface area (Å²) >= 11 is 17.6. The second kappa shape index (κ2) is 6.13. The zero-order chi connectivity index (χ0) is 15.7. The van der Waals surface area contributed by atoms with Gasteiger partial charge in [0.25, 0.3) is 0 Å². The summed E-state index contributed by atoms with van der Waals surface area (Å²) in [5.41, 5.74) is 2.04. The van der Waals surface area contributed by atoms with E-state index < -0.39 is 5.97 Å². The molecule has 0 aliphatic heterocycles. The summed E-state index contributed by atoms with van der Waals surface area (Å²) in [5.74, 6) is -0.953. The van der Waals surface area contributed by atoms with Crippen molar-refractivity contribution >= 4 is 57.3 Å². The first-order chi connectivity index (χ1) is 9.79. The number of hydrogen-bond donors (Lipinski definition) is 1. The number of aryl methyl sites for hydroxylation is 1. The van der Waals surface area contributed by atoms with Gasteiger partial charge >= 0.3 is 5.97 Å². The lowest BCUT2D eigenvalue weighted by Gasteiger charge is -2.19. The lowest BCUT2D eigenvalue weighted by molar-refractivity contribution is -0.137. The third-order valence-corrected chi connectivity index (χ3v) is 3.95. The Morgan fingerprint density at radius 3 is 2.67 bits per heavy atom. The van der Waals surface area contributed by atoms with Gasteiger partial charge in [0.2, 0.25) is 0 Å². The first-order valence-electron chi connectivity index (χ1n) is 6.03. The van der Waals surface area contributed by atoms with Crippen molar-refractivity contribution in [2.75, 3.05) is 13.6 Å². The molecule has 0 spiro atoms. The van der Waals surface area contributed by atoms with Crippen LogP contribution in [-0.2, 0) is 4.79 Å². The van der Waals surface area contributed by atoms with E-state index in [9.17, 15) is 4.79 Å². The number of carbonyl (C=O) groups is 1. The molecule has 0 aliphatic carbocycles.